The summed E-state index contributed by atoms with van der Waals surface area (Å²) in [7, 11) is 0. The fourth-order valence-electron chi connectivity index (χ4n) is 4.43. The molecule has 7 heteroatoms. The predicted octanol–water partition coefficient (Wildman–Crippen LogP) is 3.52. The first-order valence-corrected chi connectivity index (χ1v) is 10.7. The van der Waals surface area contributed by atoms with Gasteiger partial charge in [-0.1, -0.05) is 35.5 Å². The number of aryl methyl sites for hydroxylation is 1. The lowest BCUT2D eigenvalue weighted by atomic mass is 9.81. The third-order valence-electron chi connectivity index (χ3n) is 5.92. The van der Waals surface area contributed by atoms with Crippen LogP contribution in [0.4, 0.5) is 0 Å². The Hall–Kier alpha value is -3.06. The van der Waals surface area contributed by atoms with E-state index in [0.29, 0.717) is 61.3 Å². The molecular formula is C24H26N2O5. The van der Waals surface area contributed by atoms with Crippen molar-refractivity contribution in [1.29, 1.82) is 0 Å². The molecule has 0 aliphatic heterocycles. The average Bonchev–Trinajstić information content (AvgIpc) is 3.20. The molecule has 7 nitrogen and oxygen atoms in total. The lowest BCUT2D eigenvalue weighted by Crippen LogP contribution is -2.22. The highest BCUT2D eigenvalue weighted by atomic mass is 16.5. The zero-order chi connectivity index (χ0) is 21.8. The van der Waals surface area contributed by atoms with Gasteiger partial charge in [0.25, 0.3) is 0 Å². The lowest BCUT2D eigenvalue weighted by molar-refractivity contribution is -0.115. The van der Waals surface area contributed by atoms with Gasteiger partial charge < -0.3 is 14.7 Å². The Morgan fingerprint density at radius 3 is 2.71 bits per heavy atom. The van der Waals surface area contributed by atoms with Gasteiger partial charge in [-0.25, -0.2) is 0 Å². The number of aromatic nitrogens is 1. The molecule has 0 bridgehead atoms. The molecule has 1 aromatic heterocycles. The van der Waals surface area contributed by atoms with Crippen LogP contribution < -0.4 is 0 Å². The normalized spacial score (nSPS) is 22.0. The molecule has 1 heterocycles. The average molecular weight is 422 g/mol. The summed E-state index contributed by atoms with van der Waals surface area (Å²) in [6.07, 6.45) is 3.15. The topological polar surface area (TPSA) is 113 Å². The Labute approximate surface area is 180 Å². The molecule has 1 aromatic carbocycles. The fraction of sp³-hybridized carbons (Fsp3) is 0.417. The summed E-state index contributed by atoms with van der Waals surface area (Å²) in [6, 6.07) is 9.90. The summed E-state index contributed by atoms with van der Waals surface area (Å²) in [5, 5.41) is 23.8. The molecule has 31 heavy (non-hydrogen) atoms. The molecule has 2 aliphatic rings. The van der Waals surface area contributed by atoms with Crippen LogP contribution in [0.25, 0.3) is 0 Å². The molecule has 1 unspecified atom stereocenters. The second-order valence-corrected chi connectivity index (χ2v) is 8.02. The maximum atomic E-state index is 12.8. The molecule has 2 aliphatic carbocycles. The van der Waals surface area contributed by atoms with Gasteiger partial charge in [0.1, 0.15) is 11.5 Å². The number of rotatable bonds is 6. The van der Waals surface area contributed by atoms with Crippen LogP contribution in [0.2, 0.25) is 0 Å². The first-order chi connectivity index (χ1) is 15.1. The number of Topliss-reactive ketones (excluding diaryl/α,β-unsaturated/α-hetero) is 2. The van der Waals surface area contributed by atoms with Crippen molar-refractivity contribution < 1.29 is 24.3 Å². The maximum Gasteiger partial charge on any atom is 0.168 e. The Morgan fingerprint density at radius 1 is 1.13 bits per heavy atom. The molecule has 1 fully saturated rings. The van der Waals surface area contributed by atoms with E-state index in [1.165, 1.54) is 0 Å². The van der Waals surface area contributed by atoms with Gasteiger partial charge in [-0.2, -0.15) is 0 Å². The molecule has 4 rings (SSSR count). The first kappa shape index (κ1) is 21.2. The van der Waals surface area contributed by atoms with Gasteiger partial charge >= 0.3 is 0 Å². The van der Waals surface area contributed by atoms with Crippen LogP contribution in [0.15, 0.2) is 51.2 Å². The van der Waals surface area contributed by atoms with E-state index < -0.39 is 0 Å². The Balaban J connectivity index is 1.51. The molecule has 0 spiro atoms. The highest BCUT2D eigenvalue weighted by Crippen LogP contribution is 2.35. The maximum absolute atomic E-state index is 12.8. The minimum absolute atomic E-state index is 0.00237. The SMILES string of the molecule is O=C1CCCC(=NCCO)C1=C(O)CCc1noc2c1C(=O)CC(c1ccccc1)C2. The van der Waals surface area contributed by atoms with Crippen molar-refractivity contribution in [3.05, 3.63) is 64.2 Å². The summed E-state index contributed by atoms with van der Waals surface area (Å²) >= 11 is 0. The number of aliphatic hydroxyl groups excluding tert-OH is 2. The van der Waals surface area contributed by atoms with Gasteiger partial charge in [-0.15, -0.1) is 0 Å². The zero-order valence-corrected chi connectivity index (χ0v) is 17.3. The fourth-order valence-corrected chi connectivity index (χ4v) is 4.43. The van der Waals surface area contributed by atoms with E-state index in [0.717, 1.165) is 5.56 Å². The number of benzene rings is 1. The summed E-state index contributed by atoms with van der Waals surface area (Å²) in [5.74, 6) is 0.485. The highest BCUT2D eigenvalue weighted by molar-refractivity contribution is 6.24. The number of aliphatic imine (C=N–C) groups is 1. The molecular weight excluding hydrogens is 396 g/mol. The largest absolute Gasteiger partial charge is 0.511 e. The molecule has 2 N–H and O–H groups in total. The third kappa shape index (κ3) is 4.51. The van der Waals surface area contributed by atoms with Crippen LogP contribution in [0, 0.1) is 0 Å². The van der Waals surface area contributed by atoms with Crippen molar-refractivity contribution in [2.75, 3.05) is 13.2 Å². The van der Waals surface area contributed by atoms with Crippen molar-refractivity contribution >= 4 is 17.3 Å². The number of carbonyl (C=O) groups is 2. The van der Waals surface area contributed by atoms with Gasteiger partial charge in [0, 0.05) is 37.8 Å². The Kier molecular flexibility index (Phi) is 6.42. The number of hydrogen-bond acceptors (Lipinski definition) is 7. The zero-order valence-electron chi connectivity index (χ0n) is 17.3. The van der Waals surface area contributed by atoms with Crippen LogP contribution in [0.3, 0.4) is 0 Å². The second kappa shape index (κ2) is 9.39. The van der Waals surface area contributed by atoms with Gasteiger partial charge in [0.2, 0.25) is 0 Å². The van der Waals surface area contributed by atoms with Crippen molar-refractivity contribution in [2.45, 2.75) is 50.9 Å². The standard InChI is InChI=1S/C24H26N2O5/c27-12-11-25-17-7-4-8-19(28)23(17)20(29)10-9-18-24-21(30)13-16(14-22(24)31-26-18)15-5-2-1-3-6-15/h1-3,5-6,16,27,29H,4,7-14H2. The minimum atomic E-state index is -0.135. The van der Waals surface area contributed by atoms with Crippen molar-refractivity contribution in [3.8, 4) is 0 Å². The van der Waals surface area contributed by atoms with Crippen LogP contribution in [-0.2, 0) is 17.6 Å². The molecule has 1 atom stereocenters. The first-order valence-electron chi connectivity index (χ1n) is 10.7. The third-order valence-corrected chi connectivity index (χ3v) is 5.92. The van der Waals surface area contributed by atoms with Gasteiger partial charge in [-0.05, 0) is 24.3 Å². The number of fused-ring (bicyclic) bond motifs is 1. The van der Waals surface area contributed by atoms with Gasteiger partial charge in [0.05, 0.1) is 30.0 Å². The number of nitrogens with zero attached hydrogens (tertiary/aromatic N) is 2. The Bertz CT molecular complexity index is 1040. The monoisotopic (exact) mass is 422 g/mol. The van der Waals surface area contributed by atoms with E-state index in [1.54, 1.807) is 0 Å². The summed E-state index contributed by atoms with van der Waals surface area (Å²) in [5.41, 5.74) is 2.96. The summed E-state index contributed by atoms with van der Waals surface area (Å²) in [4.78, 5) is 29.5. The molecule has 2 aromatic rings. The predicted molar refractivity (Wildman–Crippen MR) is 115 cm³/mol. The highest BCUT2D eigenvalue weighted by Gasteiger charge is 2.33. The molecule has 162 valence electrons. The number of allylic oxidation sites excluding steroid dienone is 2. The smallest absolute Gasteiger partial charge is 0.168 e. The van der Waals surface area contributed by atoms with E-state index in [1.807, 2.05) is 30.3 Å². The minimum Gasteiger partial charge on any atom is -0.511 e. The molecule has 1 saturated carbocycles. The van der Waals surface area contributed by atoms with Gasteiger partial charge in [0.15, 0.2) is 11.6 Å². The van der Waals surface area contributed by atoms with Crippen LogP contribution in [-0.4, -0.2) is 45.8 Å². The number of hydrogen-bond donors (Lipinski definition) is 2. The van der Waals surface area contributed by atoms with E-state index in [4.69, 9.17) is 9.63 Å². The lowest BCUT2D eigenvalue weighted by Gasteiger charge is -2.20. The van der Waals surface area contributed by atoms with Gasteiger partial charge in [-0.3, -0.25) is 14.6 Å². The van der Waals surface area contributed by atoms with E-state index >= 15 is 0 Å². The number of aliphatic hydroxyl groups is 2. The van der Waals surface area contributed by atoms with E-state index in [-0.39, 0.29) is 48.4 Å². The second-order valence-electron chi connectivity index (χ2n) is 8.02. The number of ketones is 2. The van der Waals surface area contributed by atoms with Crippen LogP contribution in [0.1, 0.15) is 65.4 Å². The molecule has 0 amide bonds. The summed E-state index contributed by atoms with van der Waals surface area (Å²) in [6.45, 7) is 0.0934. The van der Waals surface area contributed by atoms with Crippen LogP contribution in [0.5, 0.6) is 0 Å². The molecule has 0 radical (unpaired) electrons. The van der Waals surface area contributed by atoms with Crippen molar-refractivity contribution in [1.82, 2.24) is 5.16 Å². The number of carbonyl (C=O) groups excluding carboxylic acids is 2. The molecule has 0 saturated heterocycles. The van der Waals surface area contributed by atoms with Crippen molar-refractivity contribution in [2.24, 2.45) is 4.99 Å². The Morgan fingerprint density at radius 2 is 1.94 bits per heavy atom. The van der Waals surface area contributed by atoms with E-state index in [2.05, 4.69) is 10.1 Å². The van der Waals surface area contributed by atoms with E-state index in [9.17, 15) is 14.7 Å². The van der Waals surface area contributed by atoms with Crippen LogP contribution >= 0.6 is 0 Å². The summed E-state index contributed by atoms with van der Waals surface area (Å²) < 4.78 is 5.50. The van der Waals surface area contributed by atoms with Crippen molar-refractivity contribution in [3.63, 3.8) is 0 Å². The quantitative estimate of drug-likeness (QED) is 0.544.